The number of aryl methyl sites for hydroxylation is 3. The van der Waals surface area contributed by atoms with E-state index in [1.54, 1.807) is 4.68 Å². The van der Waals surface area contributed by atoms with Crippen LogP contribution in [0, 0.1) is 5.92 Å². The monoisotopic (exact) mass is 429 g/mol. The minimum absolute atomic E-state index is 0.436. The van der Waals surface area contributed by atoms with Crippen LogP contribution in [0.1, 0.15) is 41.5 Å². The van der Waals surface area contributed by atoms with Crippen molar-refractivity contribution in [3.05, 3.63) is 40.7 Å². The summed E-state index contributed by atoms with van der Waals surface area (Å²) in [5.74, 6) is 0.604. The number of urea groups is 1. The first kappa shape index (κ1) is 21.1. The zero-order valence-corrected chi connectivity index (χ0v) is 18.5. The summed E-state index contributed by atoms with van der Waals surface area (Å²) in [6.07, 6.45) is 11.8. The predicted octanol–water partition coefficient (Wildman–Crippen LogP) is 3.26. The number of nitrogens with one attached hydrogen (secondary N) is 1. The van der Waals surface area contributed by atoms with Crippen molar-refractivity contribution in [1.82, 2.24) is 9.78 Å². The number of aromatic nitrogens is 2. The molecule has 1 aromatic heterocycles. The molecule has 2 aliphatic carbocycles. The molecule has 1 saturated heterocycles. The largest absolute Gasteiger partial charge is 0.381 e. The van der Waals surface area contributed by atoms with E-state index in [4.69, 9.17) is 10.5 Å². The Morgan fingerprint density at radius 2 is 2.00 bits per heavy atom. The molecule has 0 radical (unpaired) electrons. The number of fused-ring (bicyclic) bond motifs is 2. The molecule has 30 heavy (non-hydrogen) atoms. The summed E-state index contributed by atoms with van der Waals surface area (Å²) >= 11 is 4.43. The van der Waals surface area contributed by atoms with E-state index in [9.17, 15) is 4.79 Å². The molecule has 1 aliphatic heterocycles. The maximum atomic E-state index is 11.1. The maximum absolute atomic E-state index is 11.1. The highest BCUT2D eigenvalue weighted by Crippen LogP contribution is 2.38. The van der Waals surface area contributed by atoms with Crippen LogP contribution in [0.2, 0.25) is 0 Å². The molecule has 0 saturated carbocycles. The van der Waals surface area contributed by atoms with Crippen molar-refractivity contribution >= 4 is 30.2 Å². The molecule has 2 amide bonds. The molecule has 7 nitrogen and oxygen atoms in total. The van der Waals surface area contributed by atoms with Crippen molar-refractivity contribution in [2.75, 3.05) is 29.4 Å². The lowest BCUT2D eigenvalue weighted by atomic mass is 9.99. The summed E-state index contributed by atoms with van der Waals surface area (Å²) in [5.41, 5.74) is 12.9. The Kier molecular flexibility index (Phi) is 6.53. The van der Waals surface area contributed by atoms with Crippen LogP contribution in [0.3, 0.4) is 0 Å². The smallest absolute Gasteiger partial charge is 0.316 e. The Bertz CT molecular complexity index is 875. The van der Waals surface area contributed by atoms with E-state index >= 15 is 0 Å². The fraction of sp³-hybridized carbons (Fsp3) is 0.545. The Morgan fingerprint density at radius 3 is 2.53 bits per heavy atom. The average molecular weight is 430 g/mol. The van der Waals surface area contributed by atoms with Gasteiger partial charge in [0.2, 0.25) is 0 Å². The molecular weight excluding hydrogens is 398 g/mol. The summed E-state index contributed by atoms with van der Waals surface area (Å²) < 4.78 is 9.04. The van der Waals surface area contributed by atoms with Crippen molar-refractivity contribution in [2.24, 2.45) is 18.7 Å². The molecule has 8 heteroatoms. The molecule has 0 bridgehead atoms. The number of thiol groups is 1. The van der Waals surface area contributed by atoms with Crippen molar-refractivity contribution in [2.45, 2.75) is 44.9 Å². The van der Waals surface area contributed by atoms with Crippen LogP contribution in [0.5, 0.6) is 0 Å². The molecule has 2 aromatic rings. The van der Waals surface area contributed by atoms with Gasteiger partial charge < -0.3 is 20.1 Å². The fourth-order valence-corrected chi connectivity index (χ4v) is 5.04. The molecule has 1 fully saturated rings. The first-order valence-electron chi connectivity index (χ1n) is 10.8. The molecule has 3 aliphatic rings. The first-order valence-corrected chi connectivity index (χ1v) is 11.2. The molecule has 1 atom stereocenters. The van der Waals surface area contributed by atoms with Gasteiger partial charge in [0.25, 0.3) is 0 Å². The van der Waals surface area contributed by atoms with E-state index < -0.39 is 6.03 Å². The number of primary amides is 1. The van der Waals surface area contributed by atoms with Gasteiger partial charge in [-0.1, -0.05) is 18.9 Å². The highest BCUT2D eigenvalue weighted by molar-refractivity contribution is 7.81. The van der Waals surface area contributed by atoms with Crippen LogP contribution >= 0.6 is 12.8 Å². The quantitative estimate of drug-likeness (QED) is 0.651. The van der Waals surface area contributed by atoms with Gasteiger partial charge in [0.1, 0.15) is 0 Å². The van der Waals surface area contributed by atoms with Crippen molar-refractivity contribution in [3.63, 3.8) is 0 Å². The molecule has 1 aromatic carbocycles. The van der Waals surface area contributed by atoms with Gasteiger partial charge in [0, 0.05) is 38.0 Å². The van der Waals surface area contributed by atoms with E-state index in [-0.39, 0.29) is 0 Å². The van der Waals surface area contributed by atoms with Crippen LogP contribution in [-0.2, 0) is 37.5 Å². The number of ether oxygens (including phenoxy) is 1. The topological polar surface area (TPSA) is 85.4 Å². The summed E-state index contributed by atoms with van der Waals surface area (Å²) in [4.78, 5) is 11.1. The number of benzene rings is 1. The second kappa shape index (κ2) is 9.31. The summed E-state index contributed by atoms with van der Waals surface area (Å²) in [7, 11) is 1.91. The molecule has 0 spiro atoms. The number of amides is 2. The summed E-state index contributed by atoms with van der Waals surface area (Å²) in [6.45, 7) is 2.67. The number of anilines is 2. The standard InChI is InChI=1S/C13H16N2O.C9H15N3OS/c14-13(16)15-12-10-5-1-3-8(10)7-9-4-2-6-11(9)12;1-11-6-9(4-10-11)12(14)5-8-2-3-13-7-8/h7H,1-6H2,(H3,14,15,16);4,6,8,14H,2-3,5,7H2,1H3. The third-order valence-electron chi connectivity index (χ3n) is 6.17. The zero-order chi connectivity index (χ0) is 21.1. The van der Waals surface area contributed by atoms with Crippen molar-refractivity contribution < 1.29 is 9.53 Å². The summed E-state index contributed by atoms with van der Waals surface area (Å²) in [5, 5.41) is 6.95. The van der Waals surface area contributed by atoms with Gasteiger partial charge in [-0.05, 0) is 67.2 Å². The molecule has 1 unspecified atom stereocenters. The van der Waals surface area contributed by atoms with E-state index in [0.717, 1.165) is 63.2 Å². The Hall–Kier alpha value is -2.19. The van der Waals surface area contributed by atoms with E-state index in [1.165, 1.54) is 35.1 Å². The van der Waals surface area contributed by atoms with E-state index in [1.807, 2.05) is 23.7 Å². The molecule has 3 N–H and O–H groups in total. The Labute approximate surface area is 183 Å². The minimum atomic E-state index is -0.436. The third kappa shape index (κ3) is 4.75. The highest BCUT2D eigenvalue weighted by Gasteiger charge is 2.24. The number of carbonyl (C=O) groups excluding carboxylic acids is 1. The number of nitrogens with two attached hydrogens (primary N) is 1. The molecule has 162 valence electrons. The highest BCUT2D eigenvalue weighted by atomic mass is 32.1. The number of hydrogen-bond acceptors (Lipinski definition) is 5. The molecular formula is C22H31N5O2S. The fourth-order valence-electron chi connectivity index (χ4n) is 4.71. The van der Waals surface area contributed by atoms with E-state index in [2.05, 4.69) is 29.3 Å². The van der Waals surface area contributed by atoms with Crippen LogP contribution in [0.25, 0.3) is 0 Å². The predicted molar refractivity (Wildman–Crippen MR) is 122 cm³/mol. The van der Waals surface area contributed by atoms with Crippen LogP contribution < -0.4 is 15.4 Å². The number of carbonyl (C=O) groups is 1. The number of rotatable bonds is 4. The normalized spacial score (nSPS) is 19.1. The lowest BCUT2D eigenvalue weighted by Crippen LogP contribution is -2.21. The van der Waals surface area contributed by atoms with Crippen molar-refractivity contribution in [3.8, 4) is 0 Å². The maximum Gasteiger partial charge on any atom is 0.316 e. The number of hydrogen-bond donors (Lipinski definition) is 3. The second-order valence-corrected chi connectivity index (χ2v) is 8.89. The van der Waals surface area contributed by atoms with Gasteiger partial charge in [-0.2, -0.15) is 5.10 Å². The van der Waals surface area contributed by atoms with Gasteiger partial charge in [-0.15, -0.1) is 0 Å². The Morgan fingerprint density at radius 1 is 1.30 bits per heavy atom. The SMILES string of the molecule is Cn1cc(N(S)CC2CCOC2)cn1.NC(=O)Nc1c2c(cc3c1CCC3)CCC2. The van der Waals surface area contributed by atoms with Crippen LogP contribution in [0.4, 0.5) is 16.2 Å². The minimum Gasteiger partial charge on any atom is -0.381 e. The van der Waals surface area contributed by atoms with Gasteiger partial charge in [0.05, 0.1) is 18.5 Å². The first-order chi connectivity index (χ1) is 14.5. The van der Waals surface area contributed by atoms with E-state index in [0.29, 0.717) is 5.92 Å². The summed E-state index contributed by atoms with van der Waals surface area (Å²) in [6, 6.07) is 1.91. The van der Waals surface area contributed by atoms with Gasteiger partial charge in [0.15, 0.2) is 0 Å². The Balaban J connectivity index is 0.000000147. The second-order valence-electron chi connectivity index (χ2n) is 8.41. The average Bonchev–Trinajstić information content (AvgIpc) is 3.49. The van der Waals surface area contributed by atoms with Crippen molar-refractivity contribution in [1.29, 1.82) is 0 Å². The molecule has 5 rings (SSSR count). The van der Waals surface area contributed by atoms with Gasteiger partial charge in [-0.25, -0.2) is 4.79 Å². The third-order valence-corrected chi connectivity index (χ3v) is 6.56. The lowest BCUT2D eigenvalue weighted by molar-refractivity contribution is 0.187. The zero-order valence-electron chi connectivity index (χ0n) is 17.6. The van der Waals surface area contributed by atoms with Gasteiger partial charge in [-0.3, -0.25) is 4.68 Å². The number of nitrogens with zero attached hydrogens (tertiary/aromatic N) is 3. The lowest BCUT2D eigenvalue weighted by Gasteiger charge is -2.18. The van der Waals surface area contributed by atoms with Gasteiger partial charge >= 0.3 is 6.03 Å². The molecule has 2 heterocycles. The van der Waals surface area contributed by atoms with Crippen LogP contribution in [0.15, 0.2) is 18.5 Å². The van der Waals surface area contributed by atoms with Crippen LogP contribution in [-0.4, -0.2) is 35.6 Å².